The minimum absolute atomic E-state index is 0.00838. The first-order chi connectivity index (χ1) is 8.61. The number of nitrogens with zero attached hydrogens (tertiary/aromatic N) is 1. The highest BCUT2D eigenvalue weighted by Gasteiger charge is 2.18. The Hall–Kier alpha value is -1.75. The monoisotopic (exact) mass is 265 g/mol. The summed E-state index contributed by atoms with van der Waals surface area (Å²) in [5.74, 6) is -1.46. The molecule has 94 valence electrons. The second-order valence-corrected chi connectivity index (χ2v) is 4.93. The van der Waals surface area contributed by atoms with Gasteiger partial charge >= 0.3 is 5.97 Å². The maximum atomic E-state index is 13.2. The van der Waals surface area contributed by atoms with E-state index in [0.29, 0.717) is 10.4 Å². The summed E-state index contributed by atoms with van der Waals surface area (Å²) in [4.78, 5) is 15.8. The molecule has 18 heavy (non-hydrogen) atoms. The van der Waals surface area contributed by atoms with Crippen LogP contribution in [0.25, 0.3) is 10.4 Å². The van der Waals surface area contributed by atoms with Crippen LogP contribution in [0.5, 0.6) is 0 Å². The van der Waals surface area contributed by atoms with Crippen molar-refractivity contribution in [2.75, 3.05) is 0 Å². The van der Waals surface area contributed by atoms with Crippen molar-refractivity contribution in [2.45, 2.75) is 19.8 Å². The van der Waals surface area contributed by atoms with Crippen LogP contribution < -0.4 is 0 Å². The molecule has 5 heteroatoms. The van der Waals surface area contributed by atoms with Gasteiger partial charge in [0.05, 0.1) is 9.88 Å². The molecule has 0 spiro atoms. The molecule has 0 radical (unpaired) electrons. The molecule has 0 saturated carbocycles. The van der Waals surface area contributed by atoms with Gasteiger partial charge in [-0.2, -0.15) is 0 Å². The summed E-state index contributed by atoms with van der Waals surface area (Å²) in [7, 11) is 0. The standard InChI is InChI=1S/C13H12FNO2S/c1-2-4-10-15-11(13(16)17)12(18-10)8-5-3-6-9(14)7-8/h3,5-7H,2,4H2,1H3,(H,16,17). The lowest BCUT2D eigenvalue weighted by molar-refractivity contribution is 0.0692. The van der Waals surface area contributed by atoms with Gasteiger partial charge in [0.2, 0.25) is 0 Å². The Morgan fingerprint density at radius 3 is 2.89 bits per heavy atom. The number of benzene rings is 1. The van der Waals surface area contributed by atoms with Crippen molar-refractivity contribution in [1.29, 1.82) is 0 Å². The van der Waals surface area contributed by atoms with Crippen LogP contribution in [0.4, 0.5) is 4.39 Å². The Kier molecular flexibility index (Phi) is 3.72. The van der Waals surface area contributed by atoms with Crippen molar-refractivity contribution in [3.63, 3.8) is 0 Å². The highest BCUT2D eigenvalue weighted by atomic mass is 32.1. The van der Waals surface area contributed by atoms with Crippen LogP contribution in [0, 0.1) is 5.82 Å². The Labute approximate surface area is 108 Å². The summed E-state index contributed by atoms with van der Waals surface area (Å²) < 4.78 is 13.2. The fourth-order valence-electron chi connectivity index (χ4n) is 1.66. The van der Waals surface area contributed by atoms with E-state index in [-0.39, 0.29) is 11.5 Å². The van der Waals surface area contributed by atoms with Gasteiger partial charge in [-0.1, -0.05) is 19.1 Å². The maximum absolute atomic E-state index is 13.2. The number of aromatic nitrogens is 1. The first-order valence-electron chi connectivity index (χ1n) is 5.60. The van der Waals surface area contributed by atoms with Crippen molar-refractivity contribution in [3.05, 3.63) is 40.8 Å². The second kappa shape index (κ2) is 5.27. The zero-order chi connectivity index (χ0) is 13.1. The van der Waals surface area contributed by atoms with Crippen LogP contribution in [-0.4, -0.2) is 16.1 Å². The predicted molar refractivity (Wildman–Crippen MR) is 68.5 cm³/mol. The van der Waals surface area contributed by atoms with E-state index in [4.69, 9.17) is 5.11 Å². The first kappa shape index (κ1) is 12.7. The van der Waals surface area contributed by atoms with Crippen LogP contribution in [0.2, 0.25) is 0 Å². The number of hydrogen-bond donors (Lipinski definition) is 1. The molecule has 1 N–H and O–H groups in total. The van der Waals surface area contributed by atoms with Gasteiger partial charge in [0.1, 0.15) is 5.82 Å². The average molecular weight is 265 g/mol. The molecule has 0 bridgehead atoms. The van der Waals surface area contributed by atoms with Gasteiger partial charge in [0.15, 0.2) is 5.69 Å². The fraction of sp³-hybridized carbons (Fsp3) is 0.231. The van der Waals surface area contributed by atoms with Crippen molar-refractivity contribution in [2.24, 2.45) is 0 Å². The zero-order valence-corrected chi connectivity index (χ0v) is 10.6. The highest BCUT2D eigenvalue weighted by Crippen LogP contribution is 2.31. The summed E-state index contributed by atoms with van der Waals surface area (Å²) in [6, 6.07) is 5.92. The topological polar surface area (TPSA) is 50.2 Å². The summed E-state index contributed by atoms with van der Waals surface area (Å²) in [6.45, 7) is 2.00. The number of hydrogen-bond acceptors (Lipinski definition) is 3. The van der Waals surface area contributed by atoms with Crippen molar-refractivity contribution < 1.29 is 14.3 Å². The molecule has 1 aromatic carbocycles. The number of carboxylic acids is 1. The van der Waals surface area contributed by atoms with Crippen LogP contribution in [0.1, 0.15) is 28.8 Å². The third-order valence-corrected chi connectivity index (χ3v) is 3.59. The Balaban J connectivity index is 2.51. The average Bonchev–Trinajstić information content (AvgIpc) is 2.74. The van der Waals surface area contributed by atoms with Gasteiger partial charge in [-0.15, -0.1) is 11.3 Å². The minimum atomic E-state index is -1.08. The number of thiazole rings is 1. The first-order valence-corrected chi connectivity index (χ1v) is 6.42. The quantitative estimate of drug-likeness (QED) is 0.918. The lowest BCUT2D eigenvalue weighted by atomic mass is 10.1. The smallest absolute Gasteiger partial charge is 0.356 e. The normalized spacial score (nSPS) is 10.6. The van der Waals surface area contributed by atoms with Gasteiger partial charge in [-0.05, 0) is 30.5 Å². The molecule has 0 aliphatic carbocycles. The summed E-state index contributed by atoms with van der Waals surface area (Å²) in [5.41, 5.74) is 0.571. The van der Waals surface area contributed by atoms with Gasteiger partial charge in [-0.3, -0.25) is 0 Å². The van der Waals surface area contributed by atoms with Crippen LogP contribution in [0.15, 0.2) is 24.3 Å². The van der Waals surface area contributed by atoms with E-state index in [0.717, 1.165) is 17.8 Å². The zero-order valence-electron chi connectivity index (χ0n) is 9.81. The lowest BCUT2D eigenvalue weighted by Crippen LogP contribution is -1.99. The Morgan fingerprint density at radius 2 is 2.28 bits per heavy atom. The van der Waals surface area contributed by atoms with Crippen LogP contribution >= 0.6 is 11.3 Å². The number of carboxylic acid groups (broad SMARTS) is 1. The van der Waals surface area contributed by atoms with E-state index in [2.05, 4.69) is 4.98 Å². The van der Waals surface area contributed by atoms with Crippen molar-refractivity contribution >= 4 is 17.3 Å². The fourth-order valence-corrected chi connectivity index (χ4v) is 2.81. The van der Waals surface area contributed by atoms with Crippen molar-refractivity contribution in [1.82, 2.24) is 4.98 Å². The molecule has 0 atom stereocenters. The second-order valence-electron chi connectivity index (χ2n) is 3.85. The molecule has 1 aromatic heterocycles. The van der Waals surface area contributed by atoms with E-state index in [9.17, 15) is 9.18 Å². The molecular weight excluding hydrogens is 253 g/mol. The Morgan fingerprint density at radius 1 is 1.50 bits per heavy atom. The SMILES string of the molecule is CCCc1nc(C(=O)O)c(-c2cccc(F)c2)s1. The summed E-state index contributed by atoms with van der Waals surface area (Å²) >= 11 is 1.32. The number of carbonyl (C=O) groups is 1. The number of aryl methyl sites for hydroxylation is 1. The van der Waals surface area contributed by atoms with Gasteiger partial charge in [0.25, 0.3) is 0 Å². The number of aromatic carboxylic acids is 1. The van der Waals surface area contributed by atoms with E-state index < -0.39 is 5.97 Å². The number of rotatable bonds is 4. The van der Waals surface area contributed by atoms with E-state index in [1.54, 1.807) is 12.1 Å². The highest BCUT2D eigenvalue weighted by molar-refractivity contribution is 7.15. The largest absolute Gasteiger partial charge is 0.476 e. The lowest BCUT2D eigenvalue weighted by Gasteiger charge is -1.98. The third-order valence-electron chi connectivity index (χ3n) is 2.42. The van der Waals surface area contributed by atoms with Gasteiger partial charge < -0.3 is 5.11 Å². The summed E-state index contributed by atoms with van der Waals surface area (Å²) in [6.07, 6.45) is 1.63. The summed E-state index contributed by atoms with van der Waals surface area (Å²) in [5, 5.41) is 9.90. The van der Waals surface area contributed by atoms with Crippen LogP contribution in [0.3, 0.4) is 0 Å². The van der Waals surface area contributed by atoms with E-state index in [1.807, 2.05) is 6.92 Å². The molecule has 3 nitrogen and oxygen atoms in total. The predicted octanol–water partition coefficient (Wildman–Crippen LogP) is 3.60. The van der Waals surface area contributed by atoms with Gasteiger partial charge in [-0.25, -0.2) is 14.2 Å². The van der Waals surface area contributed by atoms with Crippen LogP contribution in [-0.2, 0) is 6.42 Å². The minimum Gasteiger partial charge on any atom is -0.476 e. The third kappa shape index (κ3) is 2.56. The van der Waals surface area contributed by atoms with Gasteiger partial charge in [0, 0.05) is 0 Å². The number of halogens is 1. The molecule has 0 amide bonds. The molecule has 0 aliphatic heterocycles. The maximum Gasteiger partial charge on any atom is 0.356 e. The molecule has 2 rings (SSSR count). The molecule has 0 saturated heterocycles. The molecule has 0 fully saturated rings. The molecule has 0 unspecified atom stereocenters. The molecule has 2 aromatic rings. The molecular formula is C13H12FNO2S. The Bertz CT molecular complexity index is 580. The van der Waals surface area contributed by atoms with E-state index in [1.165, 1.54) is 23.5 Å². The van der Waals surface area contributed by atoms with E-state index >= 15 is 0 Å². The molecule has 1 heterocycles. The van der Waals surface area contributed by atoms with Crippen molar-refractivity contribution in [3.8, 4) is 10.4 Å². The molecule has 0 aliphatic rings.